The van der Waals surface area contributed by atoms with Crippen LogP contribution in [0.25, 0.3) is 10.9 Å². The number of nitrogens with one attached hydrogen (secondary N) is 2. The third-order valence-electron chi connectivity index (χ3n) is 4.13. The highest BCUT2D eigenvalue weighted by Crippen LogP contribution is 2.15. The van der Waals surface area contributed by atoms with Gasteiger partial charge in [0, 0.05) is 18.5 Å². The van der Waals surface area contributed by atoms with Crippen LogP contribution in [-0.4, -0.2) is 30.0 Å². The van der Waals surface area contributed by atoms with Gasteiger partial charge in [-0.1, -0.05) is 19.1 Å². The molecule has 27 heavy (non-hydrogen) atoms. The van der Waals surface area contributed by atoms with Gasteiger partial charge in [0.25, 0.3) is 5.56 Å². The standard InChI is InChI=1S/C19H19N3O4S/c1-2-27(25,26)14-9-7-13(8-10-14)20-18(23)12-11-17-21-16-6-4-3-5-15(16)19(24)22-17/h3-10H,2,11-12H2,1H3,(H,20,23)(H,21,22,24). The lowest BCUT2D eigenvalue weighted by Crippen LogP contribution is -2.16. The van der Waals surface area contributed by atoms with Crippen LogP contribution >= 0.6 is 0 Å². The summed E-state index contributed by atoms with van der Waals surface area (Å²) in [6, 6.07) is 13.1. The fourth-order valence-corrected chi connectivity index (χ4v) is 3.51. The van der Waals surface area contributed by atoms with Crippen molar-refractivity contribution >= 4 is 32.3 Å². The summed E-state index contributed by atoms with van der Waals surface area (Å²) in [6.07, 6.45) is 0.421. The molecule has 0 bridgehead atoms. The van der Waals surface area contributed by atoms with Crippen LogP contribution in [-0.2, 0) is 21.1 Å². The third-order valence-corrected chi connectivity index (χ3v) is 5.88. The number of hydrogen-bond acceptors (Lipinski definition) is 5. The summed E-state index contributed by atoms with van der Waals surface area (Å²) >= 11 is 0. The van der Waals surface area contributed by atoms with Gasteiger partial charge in [0.05, 0.1) is 21.6 Å². The Morgan fingerprint density at radius 1 is 1.11 bits per heavy atom. The maximum atomic E-state index is 12.1. The smallest absolute Gasteiger partial charge is 0.258 e. The molecule has 0 radical (unpaired) electrons. The monoisotopic (exact) mass is 385 g/mol. The lowest BCUT2D eigenvalue weighted by atomic mass is 10.2. The van der Waals surface area contributed by atoms with Crippen molar-refractivity contribution in [3.8, 4) is 0 Å². The van der Waals surface area contributed by atoms with E-state index in [9.17, 15) is 18.0 Å². The molecule has 3 aromatic rings. The number of aryl methyl sites for hydroxylation is 1. The maximum Gasteiger partial charge on any atom is 0.258 e. The average Bonchev–Trinajstić information content (AvgIpc) is 2.67. The van der Waals surface area contributed by atoms with Crippen LogP contribution in [0.2, 0.25) is 0 Å². The summed E-state index contributed by atoms with van der Waals surface area (Å²) < 4.78 is 23.6. The first-order valence-electron chi connectivity index (χ1n) is 8.49. The van der Waals surface area contributed by atoms with Gasteiger partial charge < -0.3 is 10.3 Å². The molecule has 140 valence electrons. The zero-order valence-corrected chi connectivity index (χ0v) is 15.5. The van der Waals surface area contributed by atoms with Crippen molar-refractivity contribution in [1.82, 2.24) is 9.97 Å². The molecule has 3 rings (SSSR count). The van der Waals surface area contributed by atoms with Crippen LogP contribution in [0.4, 0.5) is 5.69 Å². The van der Waals surface area contributed by atoms with Crippen molar-refractivity contribution in [2.45, 2.75) is 24.7 Å². The van der Waals surface area contributed by atoms with Gasteiger partial charge in [-0.2, -0.15) is 0 Å². The zero-order valence-electron chi connectivity index (χ0n) is 14.7. The Balaban J connectivity index is 1.64. The molecule has 8 heteroatoms. The molecule has 0 unspecified atom stereocenters. The molecule has 0 aliphatic heterocycles. The number of rotatable bonds is 6. The number of fused-ring (bicyclic) bond motifs is 1. The van der Waals surface area contributed by atoms with E-state index >= 15 is 0 Å². The number of carbonyl (C=O) groups is 1. The molecule has 0 saturated heterocycles. The van der Waals surface area contributed by atoms with Gasteiger partial charge in [-0.05, 0) is 36.4 Å². The zero-order chi connectivity index (χ0) is 19.4. The summed E-state index contributed by atoms with van der Waals surface area (Å²) in [5.74, 6) is 0.213. The van der Waals surface area contributed by atoms with E-state index in [4.69, 9.17) is 0 Å². The molecule has 2 N–H and O–H groups in total. The second-order valence-electron chi connectivity index (χ2n) is 6.01. The number of para-hydroxylation sites is 1. The molecule has 0 aliphatic carbocycles. The lowest BCUT2D eigenvalue weighted by molar-refractivity contribution is -0.116. The van der Waals surface area contributed by atoms with Gasteiger partial charge in [0.2, 0.25) is 5.91 Å². The van der Waals surface area contributed by atoms with Crippen LogP contribution in [0.15, 0.2) is 58.2 Å². The number of carbonyl (C=O) groups excluding carboxylic acids is 1. The van der Waals surface area contributed by atoms with E-state index < -0.39 is 9.84 Å². The first kappa shape index (κ1) is 18.8. The predicted molar refractivity (Wildman–Crippen MR) is 103 cm³/mol. The van der Waals surface area contributed by atoms with Gasteiger partial charge in [-0.15, -0.1) is 0 Å². The second-order valence-corrected chi connectivity index (χ2v) is 8.28. The number of sulfone groups is 1. The SMILES string of the molecule is CCS(=O)(=O)c1ccc(NC(=O)CCc2nc3ccccc3c(=O)[nH]2)cc1. The van der Waals surface area contributed by atoms with Crippen LogP contribution in [0.1, 0.15) is 19.2 Å². The lowest BCUT2D eigenvalue weighted by Gasteiger charge is -2.07. The van der Waals surface area contributed by atoms with E-state index in [0.29, 0.717) is 22.4 Å². The van der Waals surface area contributed by atoms with Crippen LogP contribution in [0, 0.1) is 0 Å². The van der Waals surface area contributed by atoms with E-state index in [-0.39, 0.29) is 35.0 Å². The molecule has 0 fully saturated rings. The minimum atomic E-state index is -3.27. The van der Waals surface area contributed by atoms with Crippen molar-refractivity contribution in [3.05, 3.63) is 64.7 Å². The summed E-state index contributed by atoms with van der Waals surface area (Å²) in [4.78, 5) is 31.4. The van der Waals surface area contributed by atoms with Crippen LogP contribution in [0.3, 0.4) is 0 Å². The quantitative estimate of drug-likeness (QED) is 0.677. The number of amides is 1. The molecule has 7 nitrogen and oxygen atoms in total. The minimum Gasteiger partial charge on any atom is -0.326 e. The molecule has 0 atom stereocenters. The summed E-state index contributed by atoms with van der Waals surface area (Å²) in [5, 5.41) is 3.21. The van der Waals surface area contributed by atoms with Gasteiger partial charge in [0.1, 0.15) is 5.82 Å². The van der Waals surface area contributed by atoms with Gasteiger partial charge in [0.15, 0.2) is 9.84 Å². The van der Waals surface area contributed by atoms with E-state index in [1.165, 1.54) is 12.1 Å². The Hall–Kier alpha value is -3.00. The van der Waals surface area contributed by atoms with Crippen molar-refractivity contribution < 1.29 is 13.2 Å². The fourth-order valence-electron chi connectivity index (χ4n) is 2.62. The van der Waals surface area contributed by atoms with Crippen molar-refractivity contribution in [2.75, 3.05) is 11.1 Å². The van der Waals surface area contributed by atoms with E-state index in [1.807, 2.05) is 0 Å². The Morgan fingerprint density at radius 3 is 2.52 bits per heavy atom. The number of anilines is 1. The first-order valence-corrected chi connectivity index (χ1v) is 10.1. The number of hydrogen-bond donors (Lipinski definition) is 2. The number of H-pyrrole nitrogens is 1. The fraction of sp³-hybridized carbons (Fsp3) is 0.211. The van der Waals surface area contributed by atoms with Crippen molar-refractivity contribution in [3.63, 3.8) is 0 Å². The summed E-state index contributed by atoms with van der Waals surface area (Å²) in [6.45, 7) is 1.58. The molecule has 0 spiro atoms. The van der Waals surface area contributed by atoms with Gasteiger partial charge in [-0.25, -0.2) is 13.4 Å². The highest BCUT2D eigenvalue weighted by atomic mass is 32.2. The van der Waals surface area contributed by atoms with Gasteiger partial charge in [-0.3, -0.25) is 9.59 Å². The van der Waals surface area contributed by atoms with E-state index in [0.717, 1.165) is 0 Å². The topological polar surface area (TPSA) is 109 Å². The number of aromatic amines is 1. The first-order chi connectivity index (χ1) is 12.9. The Morgan fingerprint density at radius 2 is 1.81 bits per heavy atom. The Bertz CT molecular complexity index is 1140. The molecule has 1 aromatic heterocycles. The predicted octanol–water partition coefficient (Wildman–Crippen LogP) is 2.29. The molecule has 1 amide bonds. The highest BCUT2D eigenvalue weighted by Gasteiger charge is 2.12. The largest absolute Gasteiger partial charge is 0.326 e. The molecule has 1 heterocycles. The second kappa shape index (κ2) is 7.71. The molecular weight excluding hydrogens is 366 g/mol. The molecule has 0 saturated carbocycles. The third kappa shape index (κ3) is 4.40. The van der Waals surface area contributed by atoms with E-state index in [1.54, 1.807) is 43.3 Å². The maximum absolute atomic E-state index is 12.1. The molecule has 0 aliphatic rings. The number of nitrogens with zero attached hydrogens (tertiary/aromatic N) is 1. The normalized spacial score (nSPS) is 11.4. The molecule has 2 aromatic carbocycles. The summed E-state index contributed by atoms with van der Waals surface area (Å²) in [5.41, 5.74) is 0.864. The van der Waals surface area contributed by atoms with Crippen molar-refractivity contribution in [2.24, 2.45) is 0 Å². The van der Waals surface area contributed by atoms with E-state index in [2.05, 4.69) is 15.3 Å². The van der Waals surface area contributed by atoms with Crippen LogP contribution in [0.5, 0.6) is 0 Å². The van der Waals surface area contributed by atoms with Crippen LogP contribution < -0.4 is 10.9 Å². The molecular formula is C19H19N3O4S. The highest BCUT2D eigenvalue weighted by molar-refractivity contribution is 7.91. The Kier molecular flexibility index (Phi) is 5.36. The van der Waals surface area contributed by atoms with Crippen molar-refractivity contribution in [1.29, 1.82) is 0 Å². The Labute approximate surface area is 156 Å². The number of aromatic nitrogens is 2. The summed E-state index contributed by atoms with van der Waals surface area (Å²) in [7, 11) is -3.27. The minimum absolute atomic E-state index is 0.0235. The number of benzene rings is 2. The average molecular weight is 385 g/mol. The van der Waals surface area contributed by atoms with Gasteiger partial charge >= 0.3 is 0 Å².